The predicted octanol–water partition coefficient (Wildman–Crippen LogP) is 4.88. The molecule has 1 aromatic heterocycles. The van der Waals surface area contributed by atoms with Crippen molar-refractivity contribution in [3.05, 3.63) is 69.3 Å². The Labute approximate surface area is 122 Å². The van der Waals surface area contributed by atoms with Gasteiger partial charge in [0.1, 0.15) is 11.9 Å². The zero-order valence-electron chi connectivity index (χ0n) is 9.81. The highest BCUT2D eigenvalue weighted by atomic mass is 79.9. The number of hydrogen-bond donors (Lipinski definition) is 1. The van der Waals surface area contributed by atoms with Crippen LogP contribution in [-0.2, 0) is 0 Å². The minimum Gasteiger partial charge on any atom is -0.383 e. The Bertz CT molecular complexity index is 738. The molecule has 1 nitrogen and oxygen atoms in total. The molecule has 1 N–H and O–H groups in total. The highest BCUT2D eigenvalue weighted by Crippen LogP contribution is 2.34. The molecule has 1 atom stereocenters. The van der Waals surface area contributed by atoms with Crippen LogP contribution in [0.3, 0.4) is 0 Å². The van der Waals surface area contributed by atoms with E-state index in [1.807, 2.05) is 29.6 Å². The predicted molar refractivity (Wildman–Crippen MR) is 80.0 cm³/mol. The zero-order valence-corrected chi connectivity index (χ0v) is 12.2. The second-order valence-electron chi connectivity index (χ2n) is 4.25. The average molecular weight is 337 g/mol. The van der Waals surface area contributed by atoms with Gasteiger partial charge in [-0.2, -0.15) is 0 Å². The van der Waals surface area contributed by atoms with E-state index in [9.17, 15) is 9.50 Å². The number of halogens is 2. The summed E-state index contributed by atoms with van der Waals surface area (Å²) in [5.41, 5.74) is 1.03. The standard InChI is InChI=1S/C15H10BrFOS/c16-10-4-5-13(17)12(8-10)14(18)11-3-1-2-9-6-7-19-15(9)11/h1-8,14,18H. The SMILES string of the molecule is OC(c1cc(Br)ccc1F)c1cccc2ccsc12. The fourth-order valence-electron chi connectivity index (χ4n) is 2.12. The summed E-state index contributed by atoms with van der Waals surface area (Å²) in [4.78, 5) is 0. The summed E-state index contributed by atoms with van der Waals surface area (Å²) in [6.45, 7) is 0. The lowest BCUT2D eigenvalue weighted by molar-refractivity contribution is 0.216. The third-order valence-corrected chi connectivity index (χ3v) is 4.53. The summed E-state index contributed by atoms with van der Waals surface area (Å²) in [7, 11) is 0. The van der Waals surface area contributed by atoms with Gasteiger partial charge in [-0.3, -0.25) is 0 Å². The van der Waals surface area contributed by atoms with E-state index in [1.165, 1.54) is 6.07 Å². The molecule has 0 radical (unpaired) electrons. The maximum atomic E-state index is 13.9. The maximum Gasteiger partial charge on any atom is 0.129 e. The normalized spacial score (nSPS) is 12.8. The minimum atomic E-state index is -0.958. The molecule has 0 aliphatic heterocycles. The van der Waals surface area contributed by atoms with Gasteiger partial charge in [0.05, 0.1) is 0 Å². The van der Waals surface area contributed by atoms with Gasteiger partial charge in [-0.15, -0.1) is 11.3 Å². The van der Waals surface area contributed by atoms with E-state index >= 15 is 0 Å². The molecule has 3 rings (SSSR count). The van der Waals surface area contributed by atoms with Gasteiger partial charge in [0.2, 0.25) is 0 Å². The second-order valence-corrected chi connectivity index (χ2v) is 6.09. The molecule has 3 aromatic rings. The summed E-state index contributed by atoms with van der Waals surface area (Å²) in [6.07, 6.45) is -0.958. The van der Waals surface area contributed by atoms with Crippen LogP contribution in [0.2, 0.25) is 0 Å². The maximum absolute atomic E-state index is 13.9. The highest BCUT2D eigenvalue weighted by molar-refractivity contribution is 9.10. The molecule has 4 heteroatoms. The van der Waals surface area contributed by atoms with E-state index < -0.39 is 11.9 Å². The zero-order chi connectivity index (χ0) is 13.4. The van der Waals surface area contributed by atoms with Crippen LogP contribution in [0.1, 0.15) is 17.2 Å². The van der Waals surface area contributed by atoms with Crippen molar-refractivity contribution in [3.8, 4) is 0 Å². The van der Waals surface area contributed by atoms with Crippen LogP contribution in [-0.4, -0.2) is 5.11 Å². The van der Waals surface area contributed by atoms with Crippen LogP contribution >= 0.6 is 27.3 Å². The molecule has 0 saturated heterocycles. The number of aliphatic hydroxyl groups is 1. The van der Waals surface area contributed by atoms with Crippen LogP contribution in [0.15, 0.2) is 52.3 Å². The van der Waals surface area contributed by atoms with Gasteiger partial charge in [-0.05, 0) is 35.0 Å². The Morgan fingerprint density at radius 2 is 1.95 bits per heavy atom. The molecule has 96 valence electrons. The molecular weight excluding hydrogens is 327 g/mol. The lowest BCUT2D eigenvalue weighted by atomic mass is 10.00. The molecule has 1 heterocycles. The van der Waals surface area contributed by atoms with Gasteiger partial charge >= 0.3 is 0 Å². The van der Waals surface area contributed by atoms with Crippen molar-refractivity contribution in [2.24, 2.45) is 0 Å². The Kier molecular flexibility index (Phi) is 3.39. The highest BCUT2D eigenvalue weighted by Gasteiger charge is 2.18. The lowest BCUT2D eigenvalue weighted by Gasteiger charge is -2.13. The van der Waals surface area contributed by atoms with Crippen LogP contribution in [0.4, 0.5) is 4.39 Å². The van der Waals surface area contributed by atoms with E-state index in [4.69, 9.17) is 0 Å². The largest absolute Gasteiger partial charge is 0.383 e. The third kappa shape index (κ3) is 2.31. The Hall–Kier alpha value is -1.23. The molecule has 0 fully saturated rings. The summed E-state index contributed by atoms with van der Waals surface area (Å²) < 4.78 is 15.6. The van der Waals surface area contributed by atoms with Crippen molar-refractivity contribution < 1.29 is 9.50 Å². The van der Waals surface area contributed by atoms with E-state index in [0.29, 0.717) is 0 Å². The molecule has 0 aliphatic rings. The van der Waals surface area contributed by atoms with Gasteiger partial charge in [0, 0.05) is 20.3 Å². The van der Waals surface area contributed by atoms with Gasteiger partial charge in [-0.25, -0.2) is 4.39 Å². The average Bonchev–Trinajstić information content (AvgIpc) is 2.89. The Morgan fingerprint density at radius 1 is 1.11 bits per heavy atom. The van der Waals surface area contributed by atoms with E-state index in [-0.39, 0.29) is 5.56 Å². The molecule has 1 unspecified atom stereocenters. The first-order valence-corrected chi connectivity index (χ1v) is 7.43. The fraction of sp³-hybridized carbons (Fsp3) is 0.0667. The monoisotopic (exact) mass is 336 g/mol. The molecule has 0 saturated carbocycles. The molecule has 19 heavy (non-hydrogen) atoms. The number of aliphatic hydroxyl groups excluding tert-OH is 1. The topological polar surface area (TPSA) is 20.2 Å². The quantitative estimate of drug-likeness (QED) is 0.706. The second kappa shape index (κ2) is 5.04. The number of benzene rings is 2. The summed E-state index contributed by atoms with van der Waals surface area (Å²) in [5.74, 6) is -0.399. The first-order chi connectivity index (χ1) is 9.16. The number of fused-ring (bicyclic) bond motifs is 1. The molecule has 0 bridgehead atoms. The van der Waals surface area contributed by atoms with Gasteiger partial charge in [-0.1, -0.05) is 34.1 Å². The van der Waals surface area contributed by atoms with Crippen molar-refractivity contribution in [2.45, 2.75) is 6.10 Å². The lowest BCUT2D eigenvalue weighted by Crippen LogP contribution is -2.02. The molecular formula is C15H10BrFOS. The smallest absolute Gasteiger partial charge is 0.129 e. The van der Waals surface area contributed by atoms with Crippen LogP contribution in [0, 0.1) is 5.82 Å². The van der Waals surface area contributed by atoms with Crippen LogP contribution in [0.5, 0.6) is 0 Å². The first kappa shape index (κ1) is 12.8. The number of hydrogen-bond acceptors (Lipinski definition) is 2. The van der Waals surface area contributed by atoms with Crippen molar-refractivity contribution in [1.29, 1.82) is 0 Å². The number of thiophene rings is 1. The van der Waals surface area contributed by atoms with E-state index in [1.54, 1.807) is 23.5 Å². The van der Waals surface area contributed by atoms with E-state index in [0.717, 1.165) is 20.1 Å². The van der Waals surface area contributed by atoms with E-state index in [2.05, 4.69) is 15.9 Å². The minimum absolute atomic E-state index is 0.287. The van der Waals surface area contributed by atoms with Gasteiger partial charge in [0.15, 0.2) is 0 Å². The molecule has 0 amide bonds. The third-order valence-electron chi connectivity index (χ3n) is 3.06. The van der Waals surface area contributed by atoms with Crippen LogP contribution < -0.4 is 0 Å². The fourth-order valence-corrected chi connectivity index (χ4v) is 3.44. The Balaban J connectivity index is 2.15. The van der Waals surface area contributed by atoms with Gasteiger partial charge in [0.25, 0.3) is 0 Å². The molecule has 2 aromatic carbocycles. The molecule has 0 aliphatic carbocycles. The van der Waals surface area contributed by atoms with Crippen molar-refractivity contribution in [3.63, 3.8) is 0 Å². The summed E-state index contributed by atoms with van der Waals surface area (Å²) >= 11 is 4.86. The first-order valence-electron chi connectivity index (χ1n) is 5.76. The molecule has 0 spiro atoms. The van der Waals surface area contributed by atoms with Crippen molar-refractivity contribution in [2.75, 3.05) is 0 Å². The van der Waals surface area contributed by atoms with Gasteiger partial charge < -0.3 is 5.11 Å². The Morgan fingerprint density at radius 3 is 2.79 bits per heavy atom. The summed E-state index contributed by atoms with van der Waals surface area (Å²) in [6, 6.07) is 12.3. The van der Waals surface area contributed by atoms with Crippen molar-refractivity contribution >= 4 is 37.4 Å². The number of rotatable bonds is 2. The van der Waals surface area contributed by atoms with Crippen molar-refractivity contribution in [1.82, 2.24) is 0 Å². The summed E-state index contributed by atoms with van der Waals surface area (Å²) in [5, 5.41) is 13.5. The van der Waals surface area contributed by atoms with Crippen LogP contribution in [0.25, 0.3) is 10.1 Å².